The van der Waals surface area contributed by atoms with Crippen LogP contribution in [0.25, 0.3) is 0 Å². The lowest BCUT2D eigenvalue weighted by atomic mass is 9.83. The van der Waals surface area contributed by atoms with E-state index in [9.17, 15) is 14.4 Å². The van der Waals surface area contributed by atoms with Gasteiger partial charge in [0.05, 0.1) is 12.7 Å². The normalized spacial score (nSPS) is 24.3. The molecule has 0 unspecified atom stereocenters. The Morgan fingerprint density at radius 3 is 2.33 bits per heavy atom. The summed E-state index contributed by atoms with van der Waals surface area (Å²) in [4.78, 5) is 43.6. The van der Waals surface area contributed by atoms with Crippen LogP contribution in [0.1, 0.15) is 80.6 Å². The largest absolute Gasteiger partial charge is 0.383 e. The number of likely N-dealkylation sites (tertiary alicyclic amines) is 2. The summed E-state index contributed by atoms with van der Waals surface area (Å²) in [5.74, 6) is 0.244. The van der Waals surface area contributed by atoms with E-state index in [4.69, 9.17) is 9.47 Å². The van der Waals surface area contributed by atoms with E-state index in [-0.39, 0.29) is 70.6 Å². The van der Waals surface area contributed by atoms with Crippen LogP contribution in [-0.2, 0) is 19.1 Å². The number of carbonyl (C=O) groups excluding carboxylic acids is 3. The molecule has 10 heteroatoms. The van der Waals surface area contributed by atoms with Crippen molar-refractivity contribution in [1.82, 2.24) is 15.1 Å². The van der Waals surface area contributed by atoms with E-state index < -0.39 is 12.1 Å². The number of hydrogen-bond donors (Lipinski definition) is 1. The molecule has 1 aliphatic carbocycles. The summed E-state index contributed by atoms with van der Waals surface area (Å²) in [6.07, 6.45) is 7.84. The molecule has 8 nitrogen and oxygen atoms in total. The van der Waals surface area contributed by atoms with Crippen LogP contribution in [0.3, 0.4) is 0 Å². The van der Waals surface area contributed by atoms with E-state index >= 15 is 0 Å². The Bertz CT molecular complexity index is 965. The number of nitrogens with one attached hydrogen (secondary N) is 1. The van der Waals surface area contributed by atoms with Gasteiger partial charge in [-0.2, -0.15) is 27.0 Å². The summed E-state index contributed by atoms with van der Waals surface area (Å²) >= 11 is 0. The average molecular weight is 596 g/mol. The van der Waals surface area contributed by atoms with Crippen LogP contribution < -0.4 is 5.32 Å². The minimum absolute atomic E-state index is 0. The maximum atomic E-state index is 13.7. The molecular formula is C30H49N3O5S2. The number of amides is 2. The van der Waals surface area contributed by atoms with Crippen LogP contribution >= 0.6 is 27.0 Å². The number of nitrogens with zero attached hydrogens (tertiary/aromatic N) is 2. The van der Waals surface area contributed by atoms with Gasteiger partial charge in [0.15, 0.2) is 5.78 Å². The van der Waals surface area contributed by atoms with Crippen LogP contribution in [-0.4, -0.2) is 92.1 Å². The number of ether oxygens (including phenoxy) is 2. The molecule has 0 radical (unpaired) electrons. The summed E-state index contributed by atoms with van der Waals surface area (Å²) < 4.78 is 10.8. The Hall–Kier alpha value is -1.59. The molecule has 3 atom stereocenters. The molecule has 3 aliphatic heterocycles. The minimum atomic E-state index is -0.601. The van der Waals surface area contributed by atoms with Gasteiger partial charge in [-0.25, -0.2) is 0 Å². The highest BCUT2D eigenvalue weighted by atomic mass is 32.1. The molecule has 5 rings (SSSR count). The first kappa shape index (κ1) is 34.6. The molecule has 40 heavy (non-hydrogen) atoms. The van der Waals surface area contributed by atoms with Gasteiger partial charge in [-0.1, -0.05) is 38.8 Å². The van der Waals surface area contributed by atoms with Crippen LogP contribution in [0.2, 0.25) is 0 Å². The van der Waals surface area contributed by atoms with Crippen LogP contribution in [0.5, 0.6) is 0 Å². The standard InChI is InChI=1S/C29H41N3O5.CH4.2H2S/c1-36-18-17-31-14-11-21(12-15-31)20-7-9-23(10-8-20)28(34)30-26(22-5-3-2-4-6-22)29(35)32-16-13-25-27(32)24(33)19-37-25;;;/h7-10,21-22,25-27H,2-6,11-19H2,1H3,(H,30,34);1H4;2*1H2/t25-,26+,27-;;;/m1.../s1. The molecule has 226 valence electrons. The van der Waals surface area contributed by atoms with Crippen LogP contribution in [0.15, 0.2) is 24.3 Å². The third-order valence-electron chi connectivity index (χ3n) is 8.91. The highest BCUT2D eigenvalue weighted by Crippen LogP contribution is 2.32. The third-order valence-corrected chi connectivity index (χ3v) is 8.91. The van der Waals surface area contributed by atoms with E-state index in [1.54, 1.807) is 12.0 Å². The first-order chi connectivity index (χ1) is 18.0. The number of rotatable bonds is 8. The minimum Gasteiger partial charge on any atom is -0.383 e. The number of hydrogen-bond acceptors (Lipinski definition) is 6. The molecule has 0 bridgehead atoms. The maximum absolute atomic E-state index is 13.7. The van der Waals surface area contributed by atoms with Crippen LogP contribution in [0.4, 0.5) is 0 Å². The van der Waals surface area contributed by atoms with E-state index in [1.165, 1.54) is 12.0 Å². The molecule has 4 aliphatic rings. The van der Waals surface area contributed by atoms with Gasteiger partial charge in [-0.3, -0.25) is 14.4 Å². The molecule has 1 N–H and O–H groups in total. The molecule has 3 saturated heterocycles. The molecular weight excluding hydrogens is 546 g/mol. The lowest BCUT2D eigenvalue weighted by Crippen LogP contribution is -2.55. The van der Waals surface area contributed by atoms with Crippen molar-refractivity contribution in [3.63, 3.8) is 0 Å². The lowest BCUT2D eigenvalue weighted by Gasteiger charge is -2.34. The van der Waals surface area contributed by atoms with Crippen molar-refractivity contribution in [3.8, 4) is 0 Å². The van der Waals surface area contributed by atoms with Crippen molar-refractivity contribution < 1.29 is 23.9 Å². The third kappa shape index (κ3) is 7.82. The molecule has 0 aromatic heterocycles. The first-order valence-corrected chi connectivity index (χ1v) is 14.1. The van der Waals surface area contributed by atoms with E-state index in [1.807, 2.05) is 12.1 Å². The number of ketones is 1. The summed E-state index contributed by atoms with van der Waals surface area (Å²) in [5.41, 5.74) is 1.85. The molecule has 3 heterocycles. The van der Waals surface area contributed by atoms with E-state index in [2.05, 4.69) is 22.3 Å². The second kappa shape index (κ2) is 16.2. The van der Waals surface area contributed by atoms with Gasteiger partial charge in [-0.05, 0) is 74.7 Å². The highest BCUT2D eigenvalue weighted by Gasteiger charge is 2.49. The summed E-state index contributed by atoms with van der Waals surface area (Å²) in [6, 6.07) is 6.84. The Morgan fingerprint density at radius 2 is 1.68 bits per heavy atom. The highest BCUT2D eigenvalue weighted by molar-refractivity contribution is 7.59. The van der Waals surface area contributed by atoms with Gasteiger partial charge in [0.2, 0.25) is 5.91 Å². The second-order valence-electron chi connectivity index (χ2n) is 11.2. The molecule has 2 amide bonds. The number of fused-ring (bicyclic) bond motifs is 1. The average Bonchev–Trinajstić information content (AvgIpc) is 3.54. The predicted octanol–water partition coefficient (Wildman–Crippen LogP) is 3.62. The van der Waals surface area contributed by atoms with Crippen molar-refractivity contribution in [2.45, 2.75) is 82.9 Å². The molecule has 1 saturated carbocycles. The van der Waals surface area contributed by atoms with E-state index in [0.29, 0.717) is 24.4 Å². The van der Waals surface area contributed by atoms with Gasteiger partial charge in [0.25, 0.3) is 5.91 Å². The van der Waals surface area contributed by atoms with Crippen molar-refractivity contribution in [1.29, 1.82) is 0 Å². The van der Waals surface area contributed by atoms with Gasteiger partial charge in [0.1, 0.15) is 18.7 Å². The molecule has 1 aromatic rings. The number of carbonyl (C=O) groups is 3. The quantitative estimate of drug-likeness (QED) is 0.494. The fraction of sp³-hybridized carbons (Fsp3) is 0.700. The maximum Gasteiger partial charge on any atom is 0.251 e. The summed E-state index contributed by atoms with van der Waals surface area (Å²) in [6.45, 7) is 4.46. The van der Waals surface area contributed by atoms with Crippen LogP contribution in [0, 0.1) is 5.92 Å². The summed E-state index contributed by atoms with van der Waals surface area (Å²) in [5, 5.41) is 3.10. The molecule has 1 aromatic carbocycles. The number of benzene rings is 1. The Labute approximate surface area is 253 Å². The van der Waals surface area contributed by atoms with Crippen molar-refractivity contribution in [2.24, 2.45) is 5.92 Å². The predicted molar refractivity (Wildman–Crippen MR) is 167 cm³/mol. The zero-order valence-electron chi connectivity index (χ0n) is 23.0. The Morgan fingerprint density at radius 1 is 1.00 bits per heavy atom. The lowest BCUT2D eigenvalue weighted by molar-refractivity contribution is -0.139. The molecule has 4 fully saturated rings. The fourth-order valence-electron chi connectivity index (χ4n) is 6.71. The van der Waals surface area contributed by atoms with Crippen molar-refractivity contribution >= 4 is 44.6 Å². The zero-order chi connectivity index (χ0) is 25.8. The van der Waals surface area contributed by atoms with Crippen molar-refractivity contribution in [3.05, 3.63) is 35.4 Å². The monoisotopic (exact) mass is 595 g/mol. The second-order valence-corrected chi connectivity index (χ2v) is 11.2. The topological polar surface area (TPSA) is 88.2 Å². The Kier molecular flexibility index (Phi) is 14.0. The summed E-state index contributed by atoms with van der Waals surface area (Å²) in [7, 11) is 1.74. The van der Waals surface area contributed by atoms with Gasteiger partial charge < -0.3 is 24.6 Å². The van der Waals surface area contributed by atoms with Gasteiger partial charge in [-0.15, -0.1) is 0 Å². The SMILES string of the molecule is C.COCCN1CCC(c2ccc(C(=O)N[C@H](C(=O)N3CC[C@H]4OCC(=O)[C@H]43)C3CCCCC3)cc2)CC1.S.S. The number of piperidine rings is 1. The Balaban J connectivity index is 0.00000187. The van der Waals surface area contributed by atoms with Gasteiger partial charge >= 0.3 is 0 Å². The smallest absolute Gasteiger partial charge is 0.251 e. The van der Waals surface area contributed by atoms with E-state index in [0.717, 1.165) is 64.8 Å². The van der Waals surface area contributed by atoms with Gasteiger partial charge in [0, 0.05) is 25.8 Å². The van der Waals surface area contributed by atoms with Crippen molar-refractivity contribution in [2.75, 3.05) is 46.5 Å². The first-order valence-electron chi connectivity index (χ1n) is 14.1. The zero-order valence-corrected chi connectivity index (χ0v) is 25.0. The molecule has 0 spiro atoms. The number of Topliss-reactive ketones (excluding diaryl/α,β-unsaturated/α-hetero) is 1. The number of methoxy groups -OCH3 is 1. The fourth-order valence-corrected chi connectivity index (χ4v) is 6.71.